The lowest BCUT2D eigenvalue weighted by atomic mass is 9.82. The molecule has 102 valence electrons. The van der Waals surface area contributed by atoms with Gasteiger partial charge in [0.05, 0.1) is 16.5 Å². The SMILES string of the molecule is CNC(c1ccc(Cl)s1)C(OC)C1CCCCC1. The summed E-state index contributed by atoms with van der Waals surface area (Å²) in [6.45, 7) is 0. The lowest BCUT2D eigenvalue weighted by Crippen LogP contribution is -2.37. The molecule has 1 N–H and O–H groups in total. The van der Waals surface area contributed by atoms with Gasteiger partial charge in [-0.3, -0.25) is 0 Å². The van der Waals surface area contributed by atoms with Crippen molar-refractivity contribution in [2.24, 2.45) is 5.92 Å². The lowest BCUT2D eigenvalue weighted by molar-refractivity contribution is 0.0103. The lowest BCUT2D eigenvalue weighted by Gasteiger charge is -2.34. The van der Waals surface area contributed by atoms with Gasteiger partial charge in [0.1, 0.15) is 0 Å². The van der Waals surface area contributed by atoms with Gasteiger partial charge in [-0.05, 0) is 37.9 Å². The summed E-state index contributed by atoms with van der Waals surface area (Å²) in [5, 5.41) is 3.41. The van der Waals surface area contributed by atoms with Gasteiger partial charge in [-0.1, -0.05) is 30.9 Å². The van der Waals surface area contributed by atoms with Crippen molar-refractivity contribution in [3.63, 3.8) is 0 Å². The van der Waals surface area contributed by atoms with E-state index in [1.807, 2.05) is 20.2 Å². The third-order valence-corrected chi connectivity index (χ3v) is 5.24. The Morgan fingerprint density at radius 2 is 2.06 bits per heavy atom. The number of ether oxygens (including phenoxy) is 1. The molecule has 2 nitrogen and oxygen atoms in total. The molecule has 1 aromatic heterocycles. The Morgan fingerprint density at radius 3 is 2.56 bits per heavy atom. The van der Waals surface area contributed by atoms with Crippen molar-refractivity contribution in [3.05, 3.63) is 21.3 Å². The molecule has 1 fully saturated rings. The quantitative estimate of drug-likeness (QED) is 0.874. The normalized spacial score (nSPS) is 20.8. The van der Waals surface area contributed by atoms with Crippen LogP contribution >= 0.6 is 22.9 Å². The second-order valence-electron chi connectivity index (χ2n) is 5.01. The van der Waals surface area contributed by atoms with E-state index in [0.717, 1.165) is 4.34 Å². The van der Waals surface area contributed by atoms with Gasteiger partial charge in [0.2, 0.25) is 0 Å². The molecule has 1 aliphatic carbocycles. The van der Waals surface area contributed by atoms with Gasteiger partial charge in [0.25, 0.3) is 0 Å². The highest BCUT2D eigenvalue weighted by atomic mass is 35.5. The topological polar surface area (TPSA) is 21.3 Å². The fraction of sp³-hybridized carbons (Fsp3) is 0.714. The highest BCUT2D eigenvalue weighted by Crippen LogP contribution is 2.36. The first-order chi connectivity index (χ1) is 8.76. The molecule has 0 spiro atoms. The fourth-order valence-corrected chi connectivity index (χ4v) is 4.23. The van der Waals surface area contributed by atoms with Crippen molar-refractivity contribution in [1.29, 1.82) is 0 Å². The molecular formula is C14H22ClNOS. The van der Waals surface area contributed by atoms with Crippen LogP contribution in [0.2, 0.25) is 4.34 Å². The Morgan fingerprint density at radius 1 is 1.33 bits per heavy atom. The van der Waals surface area contributed by atoms with E-state index >= 15 is 0 Å². The minimum Gasteiger partial charge on any atom is -0.379 e. The first kappa shape index (κ1) is 14.3. The van der Waals surface area contributed by atoms with E-state index in [4.69, 9.17) is 16.3 Å². The molecule has 0 aliphatic heterocycles. The maximum absolute atomic E-state index is 6.05. The van der Waals surface area contributed by atoms with Crippen molar-refractivity contribution in [2.75, 3.05) is 14.2 Å². The Balaban J connectivity index is 2.12. The molecule has 1 heterocycles. The summed E-state index contributed by atoms with van der Waals surface area (Å²) in [5.41, 5.74) is 0. The van der Waals surface area contributed by atoms with E-state index in [1.165, 1.54) is 37.0 Å². The first-order valence-electron chi connectivity index (χ1n) is 6.71. The second kappa shape index (κ2) is 6.90. The van der Waals surface area contributed by atoms with E-state index < -0.39 is 0 Å². The molecule has 2 unspecified atom stereocenters. The molecule has 1 saturated carbocycles. The van der Waals surface area contributed by atoms with Gasteiger partial charge in [-0.15, -0.1) is 11.3 Å². The minimum atomic E-state index is 0.255. The highest BCUT2D eigenvalue weighted by molar-refractivity contribution is 7.16. The fourth-order valence-electron chi connectivity index (χ4n) is 3.03. The zero-order valence-corrected chi connectivity index (χ0v) is 12.7. The van der Waals surface area contributed by atoms with E-state index in [1.54, 1.807) is 11.3 Å². The van der Waals surface area contributed by atoms with Gasteiger partial charge >= 0.3 is 0 Å². The van der Waals surface area contributed by atoms with Crippen molar-refractivity contribution >= 4 is 22.9 Å². The van der Waals surface area contributed by atoms with Crippen molar-refractivity contribution in [2.45, 2.75) is 44.2 Å². The number of thiophene rings is 1. The Kier molecular flexibility index (Phi) is 5.49. The van der Waals surface area contributed by atoms with Crippen molar-refractivity contribution in [1.82, 2.24) is 5.32 Å². The molecule has 0 bridgehead atoms. The average Bonchev–Trinajstić information content (AvgIpc) is 2.83. The monoisotopic (exact) mass is 287 g/mol. The molecule has 2 rings (SSSR count). The number of hydrogen-bond acceptors (Lipinski definition) is 3. The molecular weight excluding hydrogens is 266 g/mol. The van der Waals surface area contributed by atoms with Crippen molar-refractivity contribution in [3.8, 4) is 0 Å². The van der Waals surface area contributed by atoms with E-state index in [9.17, 15) is 0 Å². The predicted molar refractivity (Wildman–Crippen MR) is 78.5 cm³/mol. The van der Waals surface area contributed by atoms with Gasteiger partial charge in [-0.25, -0.2) is 0 Å². The van der Waals surface area contributed by atoms with Crippen LogP contribution < -0.4 is 5.32 Å². The number of methoxy groups -OCH3 is 1. The van der Waals surface area contributed by atoms with Crippen LogP contribution in [0.5, 0.6) is 0 Å². The van der Waals surface area contributed by atoms with E-state index in [2.05, 4.69) is 11.4 Å². The van der Waals surface area contributed by atoms with Crippen LogP contribution in [-0.4, -0.2) is 20.3 Å². The van der Waals surface area contributed by atoms with Crippen LogP contribution in [0.25, 0.3) is 0 Å². The number of likely N-dealkylation sites (N-methyl/N-ethyl adjacent to an activating group) is 1. The molecule has 4 heteroatoms. The molecule has 2 atom stereocenters. The Hall–Kier alpha value is -0.0900. The molecule has 0 saturated heterocycles. The summed E-state index contributed by atoms with van der Waals surface area (Å²) in [6, 6.07) is 4.35. The van der Waals surface area contributed by atoms with Gasteiger partial charge in [0.15, 0.2) is 0 Å². The molecule has 1 aromatic rings. The number of halogens is 1. The van der Waals surface area contributed by atoms with Crippen LogP contribution in [0, 0.1) is 5.92 Å². The molecule has 1 aliphatic rings. The van der Waals surface area contributed by atoms with Gasteiger partial charge in [0, 0.05) is 12.0 Å². The maximum Gasteiger partial charge on any atom is 0.0931 e. The minimum absolute atomic E-state index is 0.255. The smallest absolute Gasteiger partial charge is 0.0931 e. The molecule has 0 amide bonds. The third kappa shape index (κ3) is 3.27. The molecule has 18 heavy (non-hydrogen) atoms. The third-order valence-electron chi connectivity index (χ3n) is 3.93. The summed E-state index contributed by atoms with van der Waals surface area (Å²) in [6.07, 6.45) is 6.89. The van der Waals surface area contributed by atoms with Crippen LogP contribution in [0.15, 0.2) is 12.1 Å². The van der Waals surface area contributed by atoms with Crippen LogP contribution in [-0.2, 0) is 4.74 Å². The largest absolute Gasteiger partial charge is 0.379 e. The van der Waals surface area contributed by atoms with E-state index in [-0.39, 0.29) is 12.1 Å². The highest BCUT2D eigenvalue weighted by Gasteiger charge is 2.31. The van der Waals surface area contributed by atoms with Gasteiger partial charge in [-0.2, -0.15) is 0 Å². The second-order valence-corrected chi connectivity index (χ2v) is 6.75. The van der Waals surface area contributed by atoms with Crippen LogP contribution in [0.1, 0.15) is 43.0 Å². The van der Waals surface area contributed by atoms with Crippen LogP contribution in [0.3, 0.4) is 0 Å². The van der Waals surface area contributed by atoms with Crippen LogP contribution in [0.4, 0.5) is 0 Å². The van der Waals surface area contributed by atoms with Crippen molar-refractivity contribution < 1.29 is 4.74 Å². The zero-order valence-electron chi connectivity index (χ0n) is 11.1. The Bertz CT molecular complexity index is 362. The summed E-state index contributed by atoms with van der Waals surface area (Å²) < 4.78 is 6.66. The van der Waals surface area contributed by atoms with E-state index in [0.29, 0.717) is 5.92 Å². The summed E-state index contributed by atoms with van der Waals surface area (Å²) in [7, 11) is 3.84. The predicted octanol–water partition coefficient (Wildman–Crippen LogP) is 4.26. The zero-order chi connectivity index (χ0) is 13.0. The standard InChI is InChI=1S/C14H22ClNOS/c1-16-13(11-8-9-12(15)18-11)14(17-2)10-6-4-3-5-7-10/h8-10,13-14,16H,3-7H2,1-2H3. The number of rotatable bonds is 5. The summed E-state index contributed by atoms with van der Waals surface area (Å²) in [4.78, 5) is 1.28. The average molecular weight is 288 g/mol. The molecule has 0 aromatic carbocycles. The number of hydrogen-bond donors (Lipinski definition) is 1. The first-order valence-corrected chi connectivity index (χ1v) is 7.91. The Labute approximate surface area is 119 Å². The summed E-state index contributed by atoms with van der Waals surface area (Å²) in [5.74, 6) is 0.669. The summed E-state index contributed by atoms with van der Waals surface area (Å²) >= 11 is 7.70. The maximum atomic E-state index is 6.05. The molecule has 0 radical (unpaired) electrons. The number of nitrogens with one attached hydrogen (secondary N) is 1. The van der Waals surface area contributed by atoms with Gasteiger partial charge < -0.3 is 10.1 Å².